The molecule has 0 aromatic heterocycles. The summed E-state index contributed by atoms with van der Waals surface area (Å²) in [7, 11) is 0. The maximum absolute atomic E-state index is 13.2. The Morgan fingerprint density at radius 2 is 2.00 bits per heavy atom. The summed E-state index contributed by atoms with van der Waals surface area (Å²) < 4.78 is 26.3. The molecule has 0 bridgehead atoms. The summed E-state index contributed by atoms with van der Waals surface area (Å²) in [5, 5.41) is -0.0760. The standard InChI is InChI=1S/C12H8F2O2S/c1-8(16)17-4-2-3-9-5-11(13)10(7-15)12(14)6-9/h5-7H,4H2,1H3. The number of aldehydes is 1. The van der Waals surface area contributed by atoms with Crippen LogP contribution < -0.4 is 0 Å². The van der Waals surface area contributed by atoms with E-state index in [0.29, 0.717) is 0 Å². The Morgan fingerprint density at radius 1 is 1.41 bits per heavy atom. The summed E-state index contributed by atoms with van der Waals surface area (Å²) in [4.78, 5) is 20.9. The first-order valence-corrected chi connectivity index (χ1v) is 5.59. The number of benzene rings is 1. The Hall–Kier alpha value is -1.67. The van der Waals surface area contributed by atoms with Crippen molar-refractivity contribution in [3.63, 3.8) is 0 Å². The molecular weight excluding hydrogens is 246 g/mol. The van der Waals surface area contributed by atoms with Crippen LogP contribution in [0.15, 0.2) is 12.1 Å². The van der Waals surface area contributed by atoms with E-state index in [0.717, 1.165) is 23.9 Å². The molecule has 1 aromatic carbocycles. The predicted octanol–water partition coefficient (Wildman–Crippen LogP) is 2.41. The van der Waals surface area contributed by atoms with Crippen molar-refractivity contribution < 1.29 is 18.4 Å². The van der Waals surface area contributed by atoms with Crippen LogP contribution >= 0.6 is 11.8 Å². The third kappa shape index (κ3) is 4.00. The third-order valence-electron chi connectivity index (χ3n) is 1.78. The number of hydrogen-bond acceptors (Lipinski definition) is 3. The van der Waals surface area contributed by atoms with E-state index in [1.165, 1.54) is 6.92 Å². The van der Waals surface area contributed by atoms with Crippen molar-refractivity contribution in [2.24, 2.45) is 0 Å². The molecule has 0 aliphatic heterocycles. The van der Waals surface area contributed by atoms with Crippen molar-refractivity contribution in [3.8, 4) is 11.8 Å². The topological polar surface area (TPSA) is 34.1 Å². The van der Waals surface area contributed by atoms with Crippen molar-refractivity contribution in [1.82, 2.24) is 0 Å². The lowest BCUT2D eigenvalue weighted by Crippen LogP contribution is -1.95. The molecule has 0 N–H and O–H groups in total. The van der Waals surface area contributed by atoms with Gasteiger partial charge in [0.15, 0.2) is 11.4 Å². The average Bonchev–Trinajstić information content (AvgIpc) is 2.24. The van der Waals surface area contributed by atoms with Gasteiger partial charge in [0.25, 0.3) is 0 Å². The smallest absolute Gasteiger partial charge is 0.186 e. The fraction of sp³-hybridized carbons (Fsp3) is 0.167. The van der Waals surface area contributed by atoms with Crippen LogP contribution in [0, 0.1) is 23.5 Å². The summed E-state index contributed by atoms with van der Waals surface area (Å²) in [6.07, 6.45) is 0.119. The monoisotopic (exact) mass is 254 g/mol. The second kappa shape index (κ2) is 6.16. The second-order valence-electron chi connectivity index (χ2n) is 3.05. The molecule has 0 radical (unpaired) electrons. The molecule has 2 nitrogen and oxygen atoms in total. The van der Waals surface area contributed by atoms with E-state index in [1.54, 1.807) is 0 Å². The van der Waals surface area contributed by atoms with Gasteiger partial charge in [-0.2, -0.15) is 0 Å². The van der Waals surface area contributed by atoms with E-state index in [4.69, 9.17) is 0 Å². The van der Waals surface area contributed by atoms with E-state index in [9.17, 15) is 18.4 Å². The molecule has 17 heavy (non-hydrogen) atoms. The minimum atomic E-state index is -0.941. The van der Waals surface area contributed by atoms with E-state index in [2.05, 4.69) is 11.8 Å². The summed E-state index contributed by atoms with van der Waals surface area (Å²) >= 11 is 1.01. The summed E-state index contributed by atoms with van der Waals surface area (Å²) in [6, 6.07) is 1.97. The molecule has 88 valence electrons. The first-order valence-electron chi connectivity index (χ1n) is 4.61. The lowest BCUT2D eigenvalue weighted by Gasteiger charge is -1.97. The lowest BCUT2D eigenvalue weighted by atomic mass is 10.1. The van der Waals surface area contributed by atoms with Crippen molar-refractivity contribution in [3.05, 3.63) is 34.9 Å². The molecule has 0 aliphatic rings. The maximum Gasteiger partial charge on any atom is 0.186 e. The van der Waals surface area contributed by atoms with Gasteiger partial charge in [0.1, 0.15) is 11.6 Å². The van der Waals surface area contributed by atoms with Crippen molar-refractivity contribution in [1.29, 1.82) is 0 Å². The minimum absolute atomic E-state index is 0.0760. The van der Waals surface area contributed by atoms with E-state index >= 15 is 0 Å². The van der Waals surface area contributed by atoms with E-state index < -0.39 is 17.2 Å². The molecule has 1 rings (SSSR count). The maximum atomic E-state index is 13.2. The van der Waals surface area contributed by atoms with Gasteiger partial charge < -0.3 is 0 Å². The molecule has 0 atom stereocenters. The van der Waals surface area contributed by atoms with Crippen LogP contribution in [0.5, 0.6) is 0 Å². The molecule has 0 unspecified atom stereocenters. The fourth-order valence-electron chi connectivity index (χ4n) is 1.04. The van der Waals surface area contributed by atoms with Crippen LogP contribution in [0.4, 0.5) is 8.78 Å². The van der Waals surface area contributed by atoms with Crippen LogP contribution in [0.3, 0.4) is 0 Å². The molecule has 0 spiro atoms. The zero-order valence-electron chi connectivity index (χ0n) is 8.92. The molecule has 0 saturated heterocycles. The number of rotatable bonds is 2. The Kier molecular flexibility index (Phi) is 4.85. The summed E-state index contributed by atoms with van der Waals surface area (Å²) in [5.41, 5.74) is -0.469. The highest BCUT2D eigenvalue weighted by molar-refractivity contribution is 8.13. The average molecular weight is 254 g/mol. The Labute approximate surface area is 101 Å². The van der Waals surface area contributed by atoms with E-state index in [1.807, 2.05) is 0 Å². The van der Waals surface area contributed by atoms with Crippen molar-refractivity contribution in [2.45, 2.75) is 6.92 Å². The van der Waals surface area contributed by atoms with Crippen LogP contribution in [-0.2, 0) is 4.79 Å². The third-order valence-corrected chi connectivity index (χ3v) is 2.47. The summed E-state index contributed by atoms with van der Waals surface area (Å²) in [6.45, 7) is 1.41. The quantitative estimate of drug-likeness (QED) is 0.600. The molecule has 1 aromatic rings. The SMILES string of the molecule is CC(=O)SCC#Cc1cc(F)c(C=O)c(F)c1. The molecule has 5 heteroatoms. The van der Waals surface area contributed by atoms with Crippen LogP contribution in [0.1, 0.15) is 22.8 Å². The van der Waals surface area contributed by atoms with Gasteiger partial charge in [0.05, 0.1) is 11.3 Å². The molecule has 0 amide bonds. The first kappa shape index (κ1) is 13.4. The molecule has 0 aliphatic carbocycles. The van der Waals surface area contributed by atoms with Gasteiger partial charge in [-0.1, -0.05) is 23.6 Å². The molecule has 0 fully saturated rings. The van der Waals surface area contributed by atoms with Crippen LogP contribution in [0.2, 0.25) is 0 Å². The van der Waals surface area contributed by atoms with E-state index in [-0.39, 0.29) is 22.7 Å². The highest BCUT2D eigenvalue weighted by Gasteiger charge is 2.08. The number of halogens is 2. The number of hydrogen-bond donors (Lipinski definition) is 0. The molecule has 0 saturated carbocycles. The Morgan fingerprint density at radius 3 is 2.47 bits per heavy atom. The van der Waals surface area contributed by atoms with Gasteiger partial charge >= 0.3 is 0 Å². The Bertz CT molecular complexity index is 492. The minimum Gasteiger partial charge on any atom is -0.298 e. The Balaban J connectivity index is 2.86. The number of carbonyl (C=O) groups is 2. The van der Waals surface area contributed by atoms with Gasteiger partial charge in [0, 0.05) is 12.5 Å². The second-order valence-corrected chi connectivity index (χ2v) is 4.21. The van der Waals surface area contributed by atoms with Gasteiger partial charge in [-0.3, -0.25) is 9.59 Å². The zero-order chi connectivity index (χ0) is 12.8. The van der Waals surface area contributed by atoms with Gasteiger partial charge in [-0.05, 0) is 12.1 Å². The first-order chi connectivity index (χ1) is 8.04. The van der Waals surface area contributed by atoms with Gasteiger partial charge in [-0.15, -0.1) is 0 Å². The number of carbonyl (C=O) groups excluding carboxylic acids is 2. The number of thioether (sulfide) groups is 1. The van der Waals surface area contributed by atoms with Crippen LogP contribution in [-0.4, -0.2) is 17.2 Å². The lowest BCUT2D eigenvalue weighted by molar-refractivity contribution is -0.109. The summed E-state index contributed by atoms with van der Waals surface area (Å²) in [5.74, 6) is 3.48. The van der Waals surface area contributed by atoms with Gasteiger partial charge in [-0.25, -0.2) is 8.78 Å². The van der Waals surface area contributed by atoms with Crippen LogP contribution in [0.25, 0.3) is 0 Å². The largest absolute Gasteiger partial charge is 0.298 e. The van der Waals surface area contributed by atoms with Crippen molar-refractivity contribution >= 4 is 23.2 Å². The van der Waals surface area contributed by atoms with Gasteiger partial charge in [0.2, 0.25) is 0 Å². The zero-order valence-corrected chi connectivity index (χ0v) is 9.74. The highest BCUT2D eigenvalue weighted by atomic mass is 32.2. The molecular formula is C12H8F2O2S. The normalized spacial score (nSPS) is 9.35. The van der Waals surface area contributed by atoms with Crippen molar-refractivity contribution in [2.75, 3.05) is 5.75 Å². The highest BCUT2D eigenvalue weighted by Crippen LogP contribution is 2.12. The fourth-order valence-corrected chi connectivity index (χ4v) is 1.39. The molecule has 0 heterocycles. The predicted molar refractivity (Wildman–Crippen MR) is 61.8 cm³/mol.